The van der Waals surface area contributed by atoms with E-state index in [9.17, 15) is 0 Å². The van der Waals surface area contributed by atoms with Crippen molar-refractivity contribution in [2.24, 2.45) is 0 Å². The van der Waals surface area contributed by atoms with Crippen LogP contribution in [0.1, 0.15) is 150 Å². The summed E-state index contributed by atoms with van der Waals surface area (Å²) in [5.74, 6) is 0. The summed E-state index contributed by atoms with van der Waals surface area (Å²) in [4.78, 5) is 28.5. The van der Waals surface area contributed by atoms with Gasteiger partial charge in [0.25, 0.3) is 0 Å². The van der Waals surface area contributed by atoms with Crippen LogP contribution in [0.2, 0.25) is 0 Å². The lowest BCUT2D eigenvalue weighted by Gasteiger charge is -2.29. The third-order valence-electron chi connectivity index (χ3n) is 31.0. The van der Waals surface area contributed by atoms with Crippen LogP contribution in [0.4, 0.5) is 68.2 Å². The van der Waals surface area contributed by atoms with E-state index in [2.05, 4.69) is 528 Å². The van der Waals surface area contributed by atoms with Gasteiger partial charge in [-0.15, -0.1) is 0 Å². The third-order valence-corrected chi connectivity index (χ3v) is 31.0. The molecule has 18 aromatic carbocycles. The van der Waals surface area contributed by atoms with Crippen molar-refractivity contribution in [2.75, 3.05) is 222 Å². The summed E-state index contributed by atoms with van der Waals surface area (Å²) in [6, 6.07) is 81.3. The first kappa shape index (κ1) is 108. The molecule has 0 amide bonds. The van der Waals surface area contributed by atoms with E-state index in [1.165, 1.54) is 264 Å². The lowest BCUT2D eigenvalue weighted by Crippen LogP contribution is -2.20. The normalized spacial score (nSPS) is 11.2. The van der Waals surface area contributed by atoms with Gasteiger partial charge in [-0.3, -0.25) is 0 Å². The number of hydrogen-bond donors (Lipinski definition) is 0. The molecule has 18 aromatic rings. The third kappa shape index (κ3) is 20.9. The molecule has 0 atom stereocenters. The Morgan fingerprint density at radius 3 is 0.479 bits per heavy atom. The van der Waals surface area contributed by atoms with E-state index in [4.69, 9.17) is 0 Å². The molecule has 0 saturated carbocycles. The van der Waals surface area contributed by atoms with Crippen LogP contribution < -0.4 is 58.8 Å². The molecule has 12 heteroatoms. The number of hydrogen-bond acceptors (Lipinski definition) is 12. The van der Waals surface area contributed by atoms with Gasteiger partial charge in [-0.25, -0.2) is 0 Å². The van der Waals surface area contributed by atoms with Crippen molar-refractivity contribution >= 4 is 198 Å². The smallest absolute Gasteiger partial charge is 0.0527 e. The Labute approximate surface area is 865 Å². The van der Waals surface area contributed by atoms with Crippen molar-refractivity contribution in [1.82, 2.24) is 0 Å². The van der Waals surface area contributed by atoms with Crippen molar-refractivity contribution in [3.63, 3.8) is 0 Å². The van der Waals surface area contributed by atoms with Crippen LogP contribution in [0.5, 0.6) is 0 Å². The molecule has 0 bridgehead atoms. The van der Waals surface area contributed by atoms with E-state index in [0.717, 1.165) is 78.5 Å². The van der Waals surface area contributed by atoms with E-state index >= 15 is 0 Å². The van der Waals surface area contributed by atoms with Crippen LogP contribution in [-0.2, 0) is 0 Å². The van der Waals surface area contributed by atoms with Gasteiger partial charge in [0, 0.05) is 292 Å². The van der Waals surface area contributed by atoms with Gasteiger partial charge in [-0.05, 0) is 236 Å². The van der Waals surface area contributed by atoms with E-state index < -0.39 is 0 Å². The fourth-order valence-electron chi connectivity index (χ4n) is 21.8. The Morgan fingerprint density at radius 2 is 0.257 bits per heavy atom. The summed E-state index contributed by atoms with van der Waals surface area (Å²) >= 11 is 0. The molecular formula is C132H168N12. The molecule has 18 rings (SSSR count). The minimum atomic E-state index is 0.995. The van der Waals surface area contributed by atoms with Crippen molar-refractivity contribution in [1.29, 1.82) is 0 Å². The SMILES string of the molecule is CCN(C)c1c2cc(C)ccc2c(N(C)CC)c2c(C)cccc12.CCN(C)c1c2ccc(C)cc2c(N(C)CC)c2c(C)cccc12.CCN(C)c1c2ccc(C)cc2c(N(C)CC)c2cc(C)ccc12.CCN(C)c1c2ccc(C)cc2c(N(C)CC)c2ccc(C)cc12.CCN(C)c1c2cccc(C)c2c(N(C)CC)c2cccc(C)c12.CCN(C)c1c2ccccc2c(N(C)CC)c2c(C)ccc(C)c12. The average molecular weight is 1920 g/mol. The average Bonchev–Trinajstić information content (AvgIpc) is 0.739. The highest BCUT2D eigenvalue weighted by Crippen LogP contribution is 2.52. The van der Waals surface area contributed by atoms with Gasteiger partial charge in [-0.2, -0.15) is 0 Å². The molecule has 0 saturated heterocycles. The second-order valence-corrected chi connectivity index (χ2v) is 40.6. The zero-order valence-electron chi connectivity index (χ0n) is 94.6. The second-order valence-electron chi connectivity index (χ2n) is 40.6. The van der Waals surface area contributed by atoms with Crippen LogP contribution in [0.3, 0.4) is 0 Å². The number of anilines is 12. The fourth-order valence-corrected chi connectivity index (χ4v) is 21.8. The first-order chi connectivity index (χ1) is 68.9. The van der Waals surface area contributed by atoms with Crippen LogP contribution in [-0.4, -0.2) is 163 Å². The molecule has 0 aliphatic heterocycles. The van der Waals surface area contributed by atoms with Gasteiger partial charge in [0.2, 0.25) is 0 Å². The molecule has 0 aliphatic rings. The predicted molar refractivity (Wildman–Crippen MR) is 653 cm³/mol. The topological polar surface area (TPSA) is 38.9 Å². The van der Waals surface area contributed by atoms with Gasteiger partial charge in [0.05, 0.1) is 68.2 Å². The van der Waals surface area contributed by atoms with E-state index in [0.29, 0.717) is 0 Å². The van der Waals surface area contributed by atoms with Gasteiger partial charge in [-0.1, -0.05) is 215 Å². The number of aryl methyl sites for hydroxylation is 12. The monoisotopic (exact) mass is 1920 g/mol. The van der Waals surface area contributed by atoms with E-state index in [1.54, 1.807) is 0 Å². The lowest BCUT2D eigenvalue weighted by molar-refractivity contribution is 0.971. The van der Waals surface area contributed by atoms with Crippen LogP contribution in [0.15, 0.2) is 218 Å². The van der Waals surface area contributed by atoms with Crippen molar-refractivity contribution in [3.8, 4) is 0 Å². The summed E-state index contributed by atoms with van der Waals surface area (Å²) in [5, 5.41) is 32.6. The maximum absolute atomic E-state index is 2.38. The molecule has 0 heterocycles. The number of rotatable bonds is 24. The summed E-state index contributed by atoms with van der Waals surface area (Å²) in [6.07, 6.45) is 0. The van der Waals surface area contributed by atoms with Crippen LogP contribution in [0.25, 0.3) is 129 Å². The fraction of sp³-hybridized carbons (Fsp3) is 0.364. The summed E-state index contributed by atoms with van der Waals surface area (Å²) < 4.78 is 0. The Morgan fingerprint density at radius 1 is 0.125 bits per heavy atom. The first-order valence-corrected chi connectivity index (χ1v) is 53.2. The largest absolute Gasteiger partial charge is 0.374 e. The zero-order valence-corrected chi connectivity index (χ0v) is 94.6. The van der Waals surface area contributed by atoms with Crippen LogP contribution >= 0.6 is 0 Å². The standard InChI is InChI=1S/6C22H28N2/c1-7-23(5)21-17-13-9-12-16(4)20(17)22(24(6)8-2)18-14-10-11-15(3)19(18)21;1-7-23(5)21-17-11-9-16(4)14-20(17)22(24(6)8-2)18-12-10-15(3)13-19(18)21;1-7-23(5)21-17-11-9-15(3)13-19(17)22(24(6)8-2)20-14-16(4)10-12-18(20)21;1-7-23(5)21-18-11-9-10-16(4)20(18)22(24(6)8-2)17-13-12-15(3)14-19(17)21;1-7-23(5)21-17-13-12-15(3)14-19(17)22(24(6)8-2)20-16(4)10-9-11-18(20)21;1-7-23(5)21-17-11-9-10-12-18(17)22(24(6)8-2)20-16(4)14-13-15(3)19(20)21/h6*9-14H,7-8H2,1-6H3. The van der Waals surface area contributed by atoms with Gasteiger partial charge < -0.3 is 58.8 Å². The highest BCUT2D eigenvalue weighted by Gasteiger charge is 2.28. The van der Waals surface area contributed by atoms with E-state index in [1.807, 2.05) is 0 Å². The van der Waals surface area contributed by atoms with Crippen molar-refractivity contribution < 1.29 is 0 Å². The first-order valence-electron chi connectivity index (χ1n) is 53.2. The Hall–Kier alpha value is -13.3. The molecule has 0 spiro atoms. The number of nitrogens with zero attached hydrogens (tertiary/aromatic N) is 12. The summed E-state index contributed by atoms with van der Waals surface area (Å²) in [6.45, 7) is 65.0. The molecule has 0 fully saturated rings. The molecule has 0 radical (unpaired) electrons. The van der Waals surface area contributed by atoms with E-state index in [-0.39, 0.29) is 0 Å². The van der Waals surface area contributed by atoms with Gasteiger partial charge in [0.15, 0.2) is 0 Å². The second kappa shape index (κ2) is 46.6. The van der Waals surface area contributed by atoms with Crippen LogP contribution in [0, 0.1) is 83.1 Å². The molecule has 0 aromatic heterocycles. The maximum atomic E-state index is 2.38. The molecular weight excluding hydrogens is 1750 g/mol. The highest BCUT2D eigenvalue weighted by molar-refractivity contribution is 6.27. The lowest BCUT2D eigenvalue weighted by atomic mass is 9.92. The molecule has 0 aliphatic carbocycles. The molecule has 144 heavy (non-hydrogen) atoms. The summed E-state index contributed by atoms with van der Waals surface area (Å²) in [7, 11) is 26.4. The van der Waals surface area contributed by atoms with Crippen molar-refractivity contribution in [3.05, 3.63) is 285 Å². The maximum Gasteiger partial charge on any atom is 0.0527 e. The predicted octanol–water partition coefficient (Wildman–Crippen LogP) is 33.1. The summed E-state index contributed by atoms with van der Waals surface area (Å²) in [5.41, 5.74) is 32.2. The quantitative estimate of drug-likeness (QED) is 0.0427. The highest BCUT2D eigenvalue weighted by atomic mass is 15.2. The zero-order chi connectivity index (χ0) is 105. The Balaban J connectivity index is 0.000000145. The van der Waals surface area contributed by atoms with Gasteiger partial charge >= 0.3 is 0 Å². The Kier molecular flexibility index (Phi) is 34.9. The van der Waals surface area contributed by atoms with Crippen molar-refractivity contribution in [2.45, 2.75) is 166 Å². The molecule has 0 N–H and O–H groups in total. The van der Waals surface area contributed by atoms with Gasteiger partial charge in [0.1, 0.15) is 0 Å². The molecule has 12 nitrogen and oxygen atoms in total. The molecule has 0 unspecified atom stereocenters. The molecule has 756 valence electrons. The Bertz CT molecular complexity index is 7270. The number of fused-ring (bicyclic) bond motifs is 12. The number of benzene rings is 18. The minimum absolute atomic E-state index is 0.995. The minimum Gasteiger partial charge on any atom is -0.374 e.